The molecule has 0 unspecified atom stereocenters. The van der Waals surface area contributed by atoms with E-state index < -0.39 is 0 Å². The topological polar surface area (TPSA) is 66.7 Å². The number of nitrogens with two attached hydrogens (primary N) is 1. The Morgan fingerprint density at radius 2 is 2.19 bits per heavy atom. The molecule has 0 aliphatic heterocycles. The standard InChI is InChI=1S/C12H16N4/c1-8-5-11(13)3-4-12(8)14-6-10-7-15-16-9(10)2/h3-5,7,14H,6,13H2,1-2H3,(H,15,16). The summed E-state index contributed by atoms with van der Waals surface area (Å²) in [5.74, 6) is 0. The van der Waals surface area contributed by atoms with E-state index in [-0.39, 0.29) is 0 Å². The Balaban J connectivity index is 2.08. The molecule has 2 aromatic rings. The zero-order valence-electron chi connectivity index (χ0n) is 9.54. The number of rotatable bonds is 3. The lowest BCUT2D eigenvalue weighted by Gasteiger charge is -2.09. The van der Waals surface area contributed by atoms with Gasteiger partial charge in [-0.05, 0) is 37.6 Å². The van der Waals surface area contributed by atoms with E-state index in [0.717, 1.165) is 29.2 Å². The molecule has 0 amide bonds. The minimum atomic E-state index is 0.771. The van der Waals surface area contributed by atoms with Crippen LogP contribution in [0.5, 0.6) is 0 Å². The number of hydrogen-bond donors (Lipinski definition) is 3. The van der Waals surface area contributed by atoms with Crippen LogP contribution in [-0.2, 0) is 6.54 Å². The van der Waals surface area contributed by atoms with Gasteiger partial charge in [-0.15, -0.1) is 0 Å². The zero-order chi connectivity index (χ0) is 11.5. The van der Waals surface area contributed by atoms with Gasteiger partial charge in [-0.2, -0.15) is 5.10 Å². The highest BCUT2D eigenvalue weighted by molar-refractivity contribution is 5.57. The Hall–Kier alpha value is -1.97. The van der Waals surface area contributed by atoms with E-state index >= 15 is 0 Å². The van der Waals surface area contributed by atoms with Crippen molar-refractivity contribution in [2.75, 3.05) is 11.1 Å². The lowest BCUT2D eigenvalue weighted by Crippen LogP contribution is -2.01. The summed E-state index contributed by atoms with van der Waals surface area (Å²) in [6.07, 6.45) is 1.84. The van der Waals surface area contributed by atoms with E-state index in [1.807, 2.05) is 38.2 Å². The van der Waals surface area contributed by atoms with Crippen LogP contribution in [0.4, 0.5) is 11.4 Å². The van der Waals surface area contributed by atoms with Crippen LogP contribution in [0.3, 0.4) is 0 Å². The highest BCUT2D eigenvalue weighted by atomic mass is 15.1. The average molecular weight is 216 g/mol. The fourth-order valence-electron chi connectivity index (χ4n) is 1.63. The summed E-state index contributed by atoms with van der Waals surface area (Å²) in [4.78, 5) is 0. The lowest BCUT2D eigenvalue weighted by molar-refractivity contribution is 1.04. The number of nitrogens with one attached hydrogen (secondary N) is 2. The van der Waals surface area contributed by atoms with Crippen molar-refractivity contribution in [2.24, 2.45) is 0 Å². The van der Waals surface area contributed by atoms with Crippen LogP contribution in [0.25, 0.3) is 0 Å². The molecule has 1 aromatic carbocycles. The fourth-order valence-corrected chi connectivity index (χ4v) is 1.63. The largest absolute Gasteiger partial charge is 0.399 e. The van der Waals surface area contributed by atoms with Crippen LogP contribution in [0, 0.1) is 13.8 Å². The molecule has 1 aromatic heterocycles. The van der Waals surface area contributed by atoms with Crippen LogP contribution in [0.1, 0.15) is 16.8 Å². The Morgan fingerprint density at radius 1 is 1.38 bits per heavy atom. The van der Waals surface area contributed by atoms with Gasteiger partial charge in [0.2, 0.25) is 0 Å². The van der Waals surface area contributed by atoms with Crippen LogP contribution in [0.15, 0.2) is 24.4 Å². The van der Waals surface area contributed by atoms with Gasteiger partial charge in [0.1, 0.15) is 0 Å². The number of aromatic amines is 1. The van der Waals surface area contributed by atoms with Crippen LogP contribution in [-0.4, -0.2) is 10.2 Å². The number of nitrogen functional groups attached to an aromatic ring is 1. The van der Waals surface area contributed by atoms with Gasteiger partial charge >= 0.3 is 0 Å². The minimum Gasteiger partial charge on any atom is -0.399 e. The van der Waals surface area contributed by atoms with Crippen molar-refractivity contribution in [3.8, 4) is 0 Å². The maximum Gasteiger partial charge on any atom is 0.0539 e. The van der Waals surface area contributed by atoms with Crippen molar-refractivity contribution < 1.29 is 0 Å². The van der Waals surface area contributed by atoms with E-state index in [0.29, 0.717) is 0 Å². The molecule has 0 radical (unpaired) electrons. The smallest absolute Gasteiger partial charge is 0.0539 e. The lowest BCUT2D eigenvalue weighted by atomic mass is 10.1. The number of nitrogens with zero attached hydrogens (tertiary/aromatic N) is 1. The molecular weight excluding hydrogens is 200 g/mol. The van der Waals surface area contributed by atoms with Gasteiger partial charge in [-0.1, -0.05) is 0 Å². The average Bonchev–Trinajstić information content (AvgIpc) is 2.63. The predicted octanol–water partition coefficient (Wildman–Crippen LogP) is 2.22. The van der Waals surface area contributed by atoms with Crippen molar-refractivity contribution in [2.45, 2.75) is 20.4 Å². The molecule has 84 valence electrons. The normalized spacial score (nSPS) is 10.4. The van der Waals surface area contributed by atoms with Gasteiger partial charge in [-0.3, -0.25) is 5.10 Å². The molecule has 0 fully saturated rings. The predicted molar refractivity (Wildman–Crippen MR) is 66.2 cm³/mol. The molecule has 1 heterocycles. The summed E-state index contributed by atoms with van der Waals surface area (Å²) in [6, 6.07) is 5.86. The minimum absolute atomic E-state index is 0.771. The third kappa shape index (κ3) is 2.16. The number of benzene rings is 1. The fraction of sp³-hybridized carbons (Fsp3) is 0.250. The van der Waals surface area contributed by atoms with Gasteiger partial charge in [0.25, 0.3) is 0 Å². The number of aromatic nitrogens is 2. The molecule has 0 saturated carbocycles. The quantitative estimate of drug-likeness (QED) is 0.689. The number of aryl methyl sites for hydroxylation is 2. The Morgan fingerprint density at radius 3 is 2.81 bits per heavy atom. The highest BCUT2D eigenvalue weighted by Gasteiger charge is 2.01. The van der Waals surface area contributed by atoms with E-state index in [9.17, 15) is 0 Å². The molecule has 4 nitrogen and oxygen atoms in total. The monoisotopic (exact) mass is 216 g/mol. The molecule has 2 rings (SSSR count). The summed E-state index contributed by atoms with van der Waals surface area (Å²) in [7, 11) is 0. The SMILES string of the molecule is Cc1cc(N)ccc1NCc1cn[nH]c1C. The second kappa shape index (κ2) is 4.26. The first-order valence-electron chi connectivity index (χ1n) is 5.25. The number of H-pyrrole nitrogens is 1. The highest BCUT2D eigenvalue weighted by Crippen LogP contribution is 2.18. The molecule has 4 N–H and O–H groups in total. The molecule has 0 atom stereocenters. The molecule has 0 aliphatic rings. The Bertz CT molecular complexity index is 488. The maximum atomic E-state index is 5.70. The zero-order valence-corrected chi connectivity index (χ0v) is 9.54. The van der Waals surface area contributed by atoms with Crippen LogP contribution < -0.4 is 11.1 Å². The van der Waals surface area contributed by atoms with Crippen molar-refractivity contribution in [3.05, 3.63) is 41.2 Å². The molecule has 16 heavy (non-hydrogen) atoms. The molecule has 0 aliphatic carbocycles. The van der Waals surface area contributed by atoms with E-state index in [2.05, 4.69) is 15.5 Å². The summed E-state index contributed by atoms with van der Waals surface area (Å²) < 4.78 is 0. The van der Waals surface area contributed by atoms with Crippen molar-refractivity contribution >= 4 is 11.4 Å². The molecule has 0 bridgehead atoms. The van der Waals surface area contributed by atoms with E-state index in [1.54, 1.807) is 0 Å². The van der Waals surface area contributed by atoms with Gasteiger partial charge in [0.15, 0.2) is 0 Å². The van der Waals surface area contributed by atoms with Gasteiger partial charge in [0, 0.05) is 29.2 Å². The third-order valence-corrected chi connectivity index (χ3v) is 2.65. The molecule has 4 heteroatoms. The maximum absolute atomic E-state index is 5.70. The van der Waals surface area contributed by atoms with E-state index in [1.165, 1.54) is 5.56 Å². The number of anilines is 2. The van der Waals surface area contributed by atoms with Gasteiger partial charge in [-0.25, -0.2) is 0 Å². The molecule has 0 saturated heterocycles. The van der Waals surface area contributed by atoms with Gasteiger partial charge in [0.05, 0.1) is 6.20 Å². The summed E-state index contributed by atoms with van der Waals surface area (Å²) in [5.41, 5.74) is 11.0. The third-order valence-electron chi connectivity index (χ3n) is 2.65. The molecular formula is C12H16N4. The molecule has 0 spiro atoms. The summed E-state index contributed by atoms with van der Waals surface area (Å²) in [5, 5.41) is 10.3. The van der Waals surface area contributed by atoms with Crippen molar-refractivity contribution in [3.63, 3.8) is 0 Å². The van der Waals surface area contributed by atoms with Crippen molar-refractivity contribution in [1.82, 2.24) is 10.2 Å². The van der Waals surface area contributed by atoms with Crippen molar-refractivity contribution in [1.29, 1.82) is 0 Å². The number of hydrogen-bond acceptors (Lipinski definition) is 3. The second-order valence-electron chi connectivity index (χ2n) is 3.95. The van der Waals surface area contributed by atoms with Crippen LogP contribution >= 0.6 is 0 Å². The van der Waals surface area contributed by atoms with E-state index in [4.69, 9.17) is 5.73 Å². The van der Waals surface area contributed by atoms with Crippen LogP contribution in [0.2, 0.25) is 0 Å². The van der Waals surface area contributed by atoms with Gasteiger partial charge < -0.3 is 11.1 Å². The summed E-state index contributed by atoms with van der Waals surface area (Å²) >= 11 is 0. The Labute approximate surface area is 94.9 Å². The summed E-state index contributed by atoms with van der Waals surface area (Å²) in [6.45, 7) is 4.83. The first-order chi connectivity index (χ1) is 7.66. The first-order valence-corrected chi connectivity index (χ1v) is 5.25. The Kier molecular flexibility index (Phi) is 2.81. The second-order valence-corrected chi connectivity index (χ2v) is 3.95. The first kappa shape index (κ1) is 10.5.